The molecule has 2 aliphatic heterocycles. The molecule has 3 aliphatic rings. The van der Waals surface area contributed by atoms with Crippen LogP contribution in [0.3, 0.4) is 0 Å². The van der Waals surface area contributed by atoms with Gasteiger partial charge in [0, 0.05) is 23.9 Å². The van der Waals surface area contributed by atoms with Crippen molar-refractivity contribution in [3.05, 3.63) is 59.2 Å². The molecule has 2 bridgehead atoms. The molecular weight excluding hydrogens is 376 g/mol. The predicted molar refractivity (Wildman–Crippen MR) is 116 cm³/mol. The largest absolute Gasteiger partial charge is 0.472 e. The average Bonchev–Trinajstić information content (AvgIpc) is 2.83. The molecule has 2 aromatic rings. The molecule has 5 nitrogen and oxygen atoms in total. The van der Waals surface area contributed by atoms with Crippen LogP contribution >= 0.6 is 0 Å². The van der Waals surface area contributed by atoms with Crippen LogP contribution in [0.1, 0.15) is 48.3 Å². The number of benzene rings is 2. The number of ether oxygens (including phenoxy) is 1. The lowest BCUT2D eigenvalue weighted by atomic mass is 9.65. The Bertz CT molecular complexity index is 1020. The summed E-state index contributed by atoms with van der Waals surface area (Å²) >= 11 is 0. The zero-order chi connectivity index (χ0) is 20.9. The number of ketones is 1. The van der Waals surface area contributed by atoms with Crippen LogP contribution in [0.5, 0.6) is 5.75 Å². The number of aryl methyl sites for hydroxylation is 2. The van der Waals surface area contributed by atoms with Gasteiger partial charge in [0.25, 0.3) is 0 Å². The normalized spacial score (nSPS) is 29.8. The lowest BCUT2D eigenvalue weighted by molar-refractivity contribution is -0.132. The van der Waals surface area contributed by atoms with Gasteiger partial charge >= 0.3 is 0 Å². The van der Waals surface area contributed by atoms with Crippen molar-refractivity contribution in [1.82, 2.24) is 5.32 Å². The third-order valence-electron chi connectivity index (χ3n) is 7.12. The van der Waals surface area contributed by atoms with Crippen LogP contribution in [-0.4, -0.2) is 24.0 Å². The van der Waals surface area contributed by atoms with Gasteiger partial charge in [0.1, 0.15) is 11.7 Å². The zero-order valence-corrected chi connectivity index (χ0v) is 17.5. The van der Waals surface area contributed by atoms with Gasteiger partial charge in [-0.3, -0.25) is 14.9 Å². The molecule has 5 heteroatoms. The number of anilines is 1. The highest BCUT2D eigenvalue weighted by molar-refractivity contribution is 6.09. The second-order valence-electron chi connectivity index (χ2n) is 9.01. The summed E-state index contributed by atoms with van der Waals surface area (Å²) in [6, 6.07) is 13.9. The van der Waals surface area contributed by atoms with Crippen LogP contribution in [0.2, 0.25) is 0 Å². The quantitative estimate of drug-likeness (QED) is 0.740. The van der Waals surface area contributed by atoms with E-state index in [0.29, 0.717) is 0 Å². The maximum atomic E-state index is 13.6. The molecule has 2 aromatic carbocycles. The van der Waals surface area contributed by atoms with E-state index in [2.05, 4.69) is 10.6 Å². The number of amides is 1. The van der Waals surface area contributed by atoms with Crippen molar-refractivity contribution in [1.29, 1.82) is 0 Å². The highest BCUT2D eigenvalue weighted by atomic mass is 16.5. The third kappa shape index (κ3) is 3.03. The van der Waals surface area contributed by atoms with E-state index < -0.39 is 11.6 Å². The first-order chi connectivity index (χ1) is 14.5. The zero-order valence-electron chi connectivity index (χ0n) is 17.5. The van der Waals surface area contributed by atoms with E-state index in [1.165, 1.54) is 0 Å². The van der Waals surface area contributed by atoms with Gasteiger partial charge in [-0.1, -0.05) is 36.8 Å². The number of carbonyl (C=O) groups is 2. The number of carbonyl (C=O) groups excluding carboxylic acids is 2. The highest BCUT2D eigenvalue weighted by Gasteiger charge is 2.57. The van der Waals surface area contributed by atoms with Crippen molar-refractivity contribution < 1.29 is 14.3 Å². The summed E-state index contributed by atoms with van der Waals surface area (Å²) in [6.45, 7) is 4.13. The van der Waals surface area contributed by atoms with Crippen LogP contribution in [0.4, 0.5) is 5.69 Å². The summed E-state index contributed by atoms with van der Waals surface area (Å²) in [4.78, 5) is 26.9. The summed E-state index contributed by atoms with van der Waals surface area (Å²) in [7, 11) is 0. The van der Waals surface area contributed by atoms with Gasteiger partial charge in [0.15, 0.2) is 11.5 Å². The van der Waals surface area contributed by atoms with Gasteiger partial charge in [0.2, 0.25) is 5.91 Å². The Morgan fingerprint density at radius 1 is 1.17 bits per heavy atom. The molecule has 2 N–H and O–H groups in total. The first-order valence-electron chi connectivity index (χ1n) is 10.9. The molecule has 4 atom stereocenters. The fourth-order valence-electron chi connectivity index (χ4n) is 5.63. The van der Waals surface area contributed by atoms with E-state index in [-0.39, 0.29) is 30.1 Å². The lowest BCUT2D eigenvalue weighted by Gasteiger charge is -2.50. The van der Waals surface area contributed by atoms with Crippen LogP contribution in [0.25, 0.3) is 0 Å². The minimum absolute atomic E-state index is 0.0584. The molecule has 0 radical (unpaired) electrons. The van der Waals surface area contributed by atoms with Crippen molar-refractivity contribution in [3.8, 4) is 5.75 Å². The first kappa shape index (κ1) is 19.3. The molecule has 1 saturated carbocycles. The number of hydrogen-bond donors (Lipinski definition) is 2. The van der Waals surface area contributed by atoms with Crippen molar-refractivity contribution in [2.75, 3.05) is 11.9 Å². The maximum Gasteiger partial charge on any atom is 0.235 e. The van der Waals surface area contributed by atoms with Crippen molar-refractivity contribution in [2.24, 2.45) is 11.8 Å². The van der Waals surface area contributed by atoms with E-state index in [1.807, 2.05) is 56.3 Å². The second kappa shape index (κ2) is 7.24. The van der Waals surface area contributed by atoms with Gasteiger partial charge < -0.3 is 10.1 Å². The molecule has 1 amide bonds. The average molecular weight is 405 g/mol. The number of fused-ring (bicyclic) bond motifs is 2. The molecule has 2 heterocycles. The summed E-state index contributed by atoms with van der Waals surface area (Å²) in [6.07, 6.45) is 3.97. The summed E-state index contributed by atoms with van der Waals surface area (Å²) in [5.41, 5.74) is 3.28. The molecule has 4 unspecified atom stereocenters. The van der Waals surface area contributed by atoms with E-state index in [9.17, 15) is 9.59 Å². The van der Waals surface area contributed by atoms with E-state index in [0.717, 1.165) is 53.8 Å². The molecule has 5 rings (SSSR count). The van der Waals surface area contributed by atoms with Gasteiger partial charge in [-0.05, 0) is 55.5 Å². The van der Waals surface area contributed by atoms with Crippen LogP contribution < -0.4 is 15.4 Å². The smallest absolute Gasteiger partial charge is 0.235 e. The Labute approximate surface area is 177 Å². The lowest BCUT2D eigenvalue weighted by Crippen LogP contribution is -2.60. The molecule has 1 aliphatic carbocycles. The molecule has 0 aromatic heterocycles. The number of Topliss-reactive ketones (excluding diaryl/α,β-unsaturated/α-hetero) is 1. The van der Waals surface area contributed by atoms with Crippen LogP contribution in [-0.2, 0) is 9.59 Å². The standard InChI is InChI=1S/C25H28N2O3/c1-15-10-11-16(2)19(13-15)27-24(29)23-20(28)14-26-25-12-6-5-8-18(25)22(23)17-7-3-4-9-21(17)30-25/h3-4,7,9-11,13,18,22-23,26H,5-6,8,12,14H2,1-2H3,(H,27,29). The maximum absolute atomic E-state index is 13.6. The Balaban J connectivity index is 1.58. The van der Waals surface area contributed by atoms with E-state index >= 15 is 0 Å². The first-order valence-corrected chi connectivity index (χ1v) is 10.9. The van der Waals surface area contributed by atoms with E-state index in [4.69, 9.17) is 4.74 Å². The minimum atomic E-state index is -0.729. The fourth-order valence-corrected chi connectivity index (χ4v) is 5.63. The monoisotopic (exact) mass is 404 g/mol. The number of rotatable bonds is 2. The Morgan fingerprint density at radius 3 is 2.87 bits per heavy atom. The summed E-state index contributed by atoms with van der Waals surface area (Å²) in [5, 5.41) is 6.51. The number of nitrogens with one attached hydrogen (secondary N) is 2. The predicted octanol–water partition coefficient (Wildman–Crippen LogP) is 4.09. The van der Waals surface area contributed by atoms with Crippen molar-refractivity contribution in [3.63, 3.8) is 0 Å². The summed E-state index contributed by atoms with van der Waals surface area (Å²) < 4.78 is 6.51. The molecule has 0 spiro atoms. The van der Waals surface area contributed by atoms with Gasteiger partial charge in [-0.25, -0.2) is 0 Å². The van der Waals surface area contributed by atoms with Gasteiger partial charge in [-0.2, -0.15) is 0 Å². The van der Waals surface area contributed by atoms with Crippen molar-refractivity contribution >= 4 is 17.4 Å². The van der Waals surface area contributed by atoms with E-state index in [1.54, 1.807) is 0 Å². The van der Waals surface area contributed by atoms with Gasteiger partial charge in [-0.15, -0.1) is 0 Å². The van der Waals surface area contributed by atoms with Crippen LogP contribution in [0.15, 0.2) is 42.5 Å². The third-order valence-corrected chi connectivity index (χ3v) is 7.12. The molecule has 2 fully saturated rings. The minimum Gasteiger partial charge on any atom is -0.472 e. The highest BCUT2D eigenvalue weighted by Crippen LogP contribution is 2.54. The van der Waals surface area contributed by atoms with Crippen molar-refractivity contribution in [2.45, 2.75) is 51.2 Å². The Hall–Kier alpha value is -2.66. The number of hydrogen-bond acceptors (Lipinski definition) is 4. The molecule has 1 saturated heterocycles. The van der Waals surface area contributed by atoms with Crippen LogP contribution in [0, 0.1) is 25.7 Å². The molecule has 156 valence electrons. The SMILES string of the molecule is Cc1ccc(C)c(NC(=O)C2C(=O)CNC34CCCCC3C2c2ccccc2O4)c1. The Morgan fingerprint density at radius 2 is 2.00 bits per heavy atom. The summed E-state index contributed by atoms with van der Waals surface area (Å²) in [5.74, 6) is -0.278. The topological polar surface area (TPSA) is 67.4 Å². The second-order valence-corrected chi connectivity index (χ2v) is 9.01. The fraction of sp³-hybridized carbons (Fsp3) is 0.440. The molecule has 30 heavy (non-hydrogen) atoms. The van der Waals surface area contributed by atoms with Gasteiger partial charge in [0.05, 0.1) is 6.54 Å². The Kier molecular flexibility index (Phi) is 4.66. The molecular formula is C25H28N2O3. The number of para-hydroxylation sites is 1.